The number of ether oxygens (including phenoxy) is 4. The molecule has 0 spiro atoms. The van der Waals surface area contributed by atoms with Crippen LogP contribution in [0.25, 0.3) is 0 Å². The van der Waals surface area contributed by atoms with Gasteiger partial charge >= 0.3 is 11.9 Å². The number of esters is 2. The van der Waals surface area contributed by atoms with Crippen LogP contribution in [0.3, 0.4) is 0 Å². The van der Waals surface area contributed by atoms with Crippen LogP contribution in [-0.4, -0.2) is 50.9 Å². The fourth-order valence-corrected chi connectivity index (χ4v) is 2.93. The molecule has 0 radical (unpaired) electrons. The van der Waals surface area contributed by atoms with Gasteiger partial charge in [0.1, 0.15) is 12.4 Å². The highest BCUT2D eigenvalue weighted by atomic mass is 16.5. The normalized spacial score (nSPS) is 15.3. The van der Waals surface area contributed by atoms with Crippen LogP contribution in [0.5, 0.6) is 5.75 Å². The number of para-hydroxylation sites is 1. The van der Waals surface area contributed by atoms with E-state index < -0.39 is 24.5 Å². The van der Waals surface area contributed by atoms with Crippen molar-refractivity contribution in [3.05, 3.63) is 59.7 Å². The Morgan fingerprint density at radius 3 is 2.53 bits per heavy atom. The number of benzene rings is 2. The summed E-state index contributed by atoms with van der Waals surface area (Å²) in [5.41, 5.74) is 0.777. The van der Waals surface area contributed by atoms with Crippen LogP contribution in [0.2, 0.25) is 0 Å². The molecule has 1 heterocycles. The predicted octanol–water partition coefficient (Wildman–Crippen LogP) is 2.83. The molecule has 1 aliphatic rings. The molecular weight excluding hydrogens is 390 g/mol. The van der Waals surface area contributed by atoms with Crippen molar-refractivity contribution < 1.29 is 33.3 Å². The zero-order valence-electron chi connectivity index (χ0n) is 16.6. The van der Waals surface area contributed by atoms with E-state index in [9.17, 15) is 14.4 Å². The lowest BCUT2D eigenvalue weighted by atomic mass is 10.2. The third-order valence-electron chi connectivity index (χ3n) is 4.49. The number of amides is 1. The van der Waals surface area contributed by atoms with Crippen molar-refractivity contribution in [2.75, 3.05) is 32.2 Å². The molecule has 1 aliphatic heterocycles. The van der Waals surface area contributed by atoms with Crippen LogP contribution >= 0.6 is 0 Å². The Kier molecular flexibility index (Phi) is 7.40. The van der Waals surface area contributed by atoms with E-state index in [1.165, 1.54) is 13.2 Å². The Bertz CT molecular complexity index is 889. The largest absolute Gasteiger partial charge is 0.491 e. The number of nitrogens with one attached hydrogen (secondary N) is 1. The number of methoxy groups -OCH3 is 1. The molecule has 1 atom stereocenters. The first-order valence-corrected chi connectivity index (χ1v) is 9.55. The van der Waals surface area contributed by atoms with Crippen molar-refractivity contribution >= 4 is 23.5 Å². The van der Waals surface area contributed by atoms with Crippen molar-refractivity contribution in [2.45, 2.75) is 18.9 Å². The molecule has 1 fully saturated rings. The lowest BCUT2D eigenvalue weighted by Crippen LogP contribution is -2.22. The molecule has 1 N–H and O–H groups in total. The zero-order chi connectivity index (χ0) is 21.3. The fraction of sp³-hybridized carbons (Fsp3) is 0.318. The summed E-state index contributed by atoms with van der Waals surface area (Å²) in [7, 11) is 1.25. The second kappa shape index (κ2) is 10.4. The Labute approximate surface area is 174 Å². The van der Waals surface area contributed by atoms with Gasteiger partial charge in [0.05, 0.1) is 30.0 Å². The first kappa shape index (κ1) is 21.3. The maximum absolute atomic E-state index is 12.2. The third kappa shape index (κ3) is 5.81. The maximum atomic E-state index is 12.2. The minimum Gasteiger partial charge on any atom is -0.491 e. The van der Waals surface area contributed by atoms with Gasteiger partial charge in [0.2, 0.25) is 0 Å². The van der Waals surface area contributed by atoms with Crippen LogP contribution in [0.4, 0.5) is 5.69 Å². The van der Waals surface area contributed by atoms with Gasteiger partial charge in [-0.2, -0.15) is 0 Å². The van der Waals surface area contributed by atoms with Crippen molar-refractivity contribution in [3.63, 3.8) is 0 Å². The Morgan fingerprint density at radius 1 is 1.07 bits per heavy atom. The van der Waals surface area contributed by atoms with Crippen LogP contribution in [-0.2, 0) is 19.0 Å². The average molecular weight is 413 g/mol. The number of anilines is 1. The molecule has 0 bridgehead atoms. The van der Waals surface area contributed by atoms with E-state index >= 15 is 0 Å². The smallest absolute Gasteiger partial charge is 0.339 e. The topological polar surface area (TPSA) is 100 Å². The number of hydrogen-bond acceptors (Lipinski definition) is 7. The van der Waals surface area contributed by atoms with Gasteiger partial charge in [0.25, 0.3) is 5.91 Å². The van der Waals surface area contributed by atoms with Gasteiger partial charge in [-0.25, -0.2) is 9.59 Å². The second-order valence-electron chi connectivity index (χ2n) is 6.63. The van der Waals surface area contributed by atoms with Crippen LogP contribution in [0.1, 0.15) is 33.6 Å². The molecule has 2 aromatic rings. The molecule has 2 aromatic carbocycles. The summed E-state index contributed by atoms with van der Waals surface area (Å²) in [6.45, 7) is 0.739. The Hall–Kier alpha value is -3.39. The highest BCUT2D eigenvalue weighted by Gasteiger charge is 2.17. The molecule has 0 saturated carbocycles. The molecule has 8 nitrogen and oxygen atoms in total. The number of carbonyl (C=O) groups excluding carboxylic acids is 3. The SMILES string of the molecule is COC(=O)c1ccccc1NC(=O)COC(=O)c1ccc(OC[C@@H]2CCCO2)cc1. The lowest BCUT2D eigenvalue weighted by Gasteiger charge is -2.12. The summed E-state index contributed by atoms with van der Waals surface area (Å²) in [4.78, 5) is 36.0. The van der Waals surface area contributed by atoms with E-state index in [-0.39, 0.29) is 17.4 Å². The summed E-state index contributed by atoms with van der Waals surface area (Å²) >= 11 is 0. The fourth-order valence-electron chi connectivity index (χ4n) is 2.93. The monoisotopic (exact) mass is 413 g/mol. The number of hydrogen-bond donors (Lipinski definition) is 1. The lowest BCUT2D eigenvalue weighted by molar-refractivity contribution is -0.119. The number of carbonyl (C=O) groups is 3. The summed E-state index contributed by atoms with van der Waals surface area (Å²) in [5, 5.41) is 2.54. The zero-order valence-corrected chi connectivity index (χ0v) is 16.6. The Balaban J connectivity index is 1.48. The molecular formula is C22H23NO7. The highest BCUT2D eigenvalue weighted by molar-refractivity contribution is 6.02. The summed E-state index contributed by atoms with van der Waals surface area (Å²) in [6.07, 6.45) is 2.13. The molecule has 1 amide bonds. The molecule has 158 valence electrons. The van der Waals surface area contributed by atoms with Crippen molar-refractivity contribution in [1.82, 2.24) is 0 Å². The standard InChI is InChI=1S/C22H23NO7/c1-27-22(26)18-6-2-3-7-19(18)23-20(24)14-30-21(25)15-8-10-16(11-9-15)29-13-17-5-4-12-28-17/h2-3,6-11,17H,4-5,12-14H2,1H3,(H,23,24)/t17-/m0/s1. The maximum Gasteiger partial charge on any atom is 0.339 e. The first-order valence-electron chi connectivity index (χ1n) is 9.55. The van der Waals surface area contributed by atoms with Crippen LogP contribution in [0, 0.1) is 0 Å². The van der Waals surface area contributed by atoms with Crippen LogP contribution < -0.4 is 10.1 Å². The third-order valence-corrected chi connectivity index (χ3v) is 4.49. The van der Waals surface area contributed by atoms with Gasteiger partial charge in [0, 0.05) is 6.61 Å². The van der Waals surface area contributed by atoms with Gasteiger partial charge in [-0.3, -0.25) is 4.79 Å². The van der Waals surface area contributed by atoms with Gasteiger partial charge in [-0.1, -0.05) is 12.1 Å². The highest BCUT2D eigenvalue weighted by Crippen LogP contribution is 2.18. The second-order valence-corrected chi connectivity index (χ2v) is 6.63. The molecule has 8 heteroatoms. The van der Waals surface area contributed by atoms with Gasteiger partial charge in [-0.15, -0.1) is 0 Å². The van der Waals surface area contributed by atoms with Crippen molar-refractivity contribution in [3.8, 4) is 5.75 Å². The molecule has 1 saturated heterocycles. The predicted molar refractivity (Wildman–Crippen MR) is 108 cm³/mol. The van der Waals surface area contributed by atoms with E-state index in [1.54, 1.807) is 42.5 Å². The van der Waals surface area contributed by atoms with E-state index in [2.05, 4.69) is 10.1 Å². The number of rotatable bonds is 8. The van der Waals surface area contributed by atoms with E-state index in [1.807, 2.05) is 0 Å². The Morgan fingerprint density at radius 2 is 1.83 bits per heavy atom. The van der Waals surface area contributed by atoms with Gasteiger partial charge in [-0.05, 0) is 49.2 Å². The van der Waals surface area contributed by atoms with E-state index in [0.29, 0.717) is 17.9 Å². The van der Waals surface area contributed by atoms with Crippen LogP contribution in [0.15, 0.2) is 48.5 Å². The van der Waals surface area contributed by atoms with Crippen molar-refractivity contribution in [1.29, 1.82) is 0 Å². The van der Waals surface area contributed by atoms with Crippen molar-refractivity contribution in [2.24, 2.45) is 0 Å². The molecule has 0 aliphatic carbocycles. The minimum absolute atomic E-state index is 0.109. The van der Waals surface area contributed by atoms with Gasteiger partial charge < -0.3 is 24.3 Å². The minimum atomic E-state index is -0.642. The quantitative estimate of drug-likeness (QED) is 0.664. The van der Waals surface area contributed by atoms with Gasteiger partial charge in [0.15, 0.2) is 6.61 Å². The summed E-state index contributed by atoms with van der Waals surface area (Å²) in [5.74, 6) is -1.17. The first-order chi connectivity index (χ1) is 14.6. The summed E-state index contributed by atoms with van der Waals surface area (Å²) < 4.78 is 20.9. The molecule has 30 heavy (non-hydrogen) atoms. The van der Waals surface area contributed by atoms with E-state index in [0.717, 1.165) is 19.4 Å². The molecule has 3 rings (SSSR count). The molecule has 0 aromatic heterocycles. The molecule has 0 unspecified atom stereocenters. The average Bonchev–Trinajstić information content (AvgIpc) is 3.30. The summed E-state index contributed by atoms with van der Waals surface area (Å²) in [6, 6.07) is 12.9. The van der Waals surface area contributed by atoms with E-state index in [4.69, 9.17) is 14.2 Å².